The Morgan fingerprint density at radius 3 is 2.45 bits per heavy atom. The largest absolute Gasteiger partial charge is 0.497 e. The van der Waals surface area contributed by atoms with Crippen LogP contribution in [0.5, 0.6) is 11.5 Å². The fraction of sp³-hybridized carbons (Fsp3) is 0.571. The normalized spacial score (nSPS) is 17.5. The Morgan fingerprint density at radius 2 is 1.83 bits per heavy atom. The van der Waals surface area contributed by atoms with Crippen LogP contribution in [0, 0.1) is 5.92 Å². The van der Waals surface area contributed by atoms with Crippen molar-refractivity contribution in [3.8, 4) is 11.5 Å². The van der Waals surface area contributed by atoms with E-state index in [0.29, 0.717) is 37.1 Å². The molecule has 1 aromatic rings. The number of ether oxygens (including phenoxy) is 3. The molecule has 1 fully saturated rings. The number of methoxy groups -OCH3 is 1. The highest BCUT2D eigenvalue weighted by molar-refractivity contribution is 5.93. The van der Waals surface area contributed by atoms with E-state index in [4.69, 9.17) is 14.2 Å². The lowest BCUT2D eigenvalue weighted by molar-refractivity contribution is -0.154. The fourth-order valence-electron chi connectivity index (χ4n) is 2.95. The van der Waals surface area contributed by atoms with Gasteiger partial charge < -0.3 is 24.4 Å². The molecule has 0 aliphatic carbocycles. The lowest BCUT2D eigenvalue weighted by atomic mass is 10.1. The van der Waals surface area contributed by atoms with Crippen molar-refractivity contribution in [3.63, 3.8) is 0 Å². The lowest BCUT2D eigenvalue weighted by Gasteiger charge is -2.36. The number of nitrogens with zero attached hydrogens (tertiary/aromatic N) is 1. The summed E-state index contributed by atoms with van der Waals surface area (Å²) < 4.78 is 16.0. The highest BCUT2D eigenvalue weighted by Gasteiger charge is 2.37. The monoisotopic (exact) mass is 406 g/mol. The molecule has 2 unspecified atom stereocenters. The van der Waals surface area contributed by atoms with Crippen LogP contribution in [0.15, 0.2) is 24.3 Å². The van der Waals surface area contributed by atoms with Gasteiger partial charge in [0, 0.05) is 13.1 Å². The van der Waals surface area contributed by atoms with E-state index in [-0.39, 0.29) is 18.2 Å². The molecule has 1 aliphatic heterocycles. The minimum absolute atomic E-state index is 0.176. The molecule has 0 spiro atoms. The first-order chi connectivity index (χ1) is 13.8. The summed E-state index contributed by atoms with van der Waals surface area (Å²) in [5.41, 5.74) is 0. The van der Waals surface area contributed by atoms with E-state index in [1.54, 1.807) is 38.3 Å². The minimum atomic E-state index is -0.898. The highest BCUT2D eigenvalue weighted by Crippen LogP contribution is 2.20. The van der Waals surface area contributed by atoms with Gasteiger partial charge in [0.15, 0.2) is 6.10 Å². The summed E-state index contributed by atoms with van der Waals surface area (Å²) in [4.78, 5) is 38.8. The molecule has 8 nitrogen and oxygen atoms in total. The van der Waals surface area contributed by atoms with Crippen LogP contribution in [0.2, 0.25) is 0 Å². The number of carbonyl (C=O) groups is 3. The second-order valence-corrected chi connectivity index (χ2v) is 7.38. The van der Waals surface area contributed by atoms with Gasteiger partial charge in [0.05, 0.1) is 20.1 Å². The van der Waals surface area contributed by atoms with Crippen molar-refractivity contribution >= 4 is 17.8 Å². The molecular formula is C21H30N2O6. The van der Waals surface area contributed by atoms with Crippen LogP contribution >= 0.6 is 0 Å². The van der Waals surface area contributed by atoms with Gasteiger partial charge in [-0.25, -0.2) is 0 Å². The predicted octanol–water partition coefficient (Wildman–Crippen LogP) is 1.77. The molecular weight excluding hydrogens is 376 g/mol. The lowest BCUT2D eigenvalue weighted by Crippen LogP contribution is -2.60. The van der Waals surface area contributed by atoms with E-state index in [9.17, 15) is 14.4 Å². The van der Waals surface area contributed by atoms with E-state index in [1.165, 1.54) is 4.90 Å². The second-order valence-electron chi connectivity index (χ2n) is 7.38. The van der Waals surface area contributed by atoms with E-state index < -0.39 is 18.1 Å². The number of carbonyl (C=O) groups excluding carboxylic acids is 3. The number of esters is 1. The van der Waals surface area contributed by atoms with Crippen LogP contribution in [-0.4, -0.2) is 61.6 Å². The predicted molar refractivity (Wildman–Crippen MR) is 107 cm³/mol. The van der Waals surface area contributed by atoms with Crippen molar-refractivity contribution in [2.75, 3.05) is 26.8 Å². The van der Waals surface area contributed by atoms with Crippen LogP contribution in [0.4, 0.5) is 0 Å². The Kier molecular flexibility index (Phi) is 8.30. The standard InChI is InChI=1S/C21H30N2O6/c1-14(2)9-12-28-19(24)13-18-20(25)22-10-11-23(18)21(26)15(3)29-17-7-5-16(27-4)6-8-17/h5-8,14-15,18H,9-13H2,1-4H3,(H,22,25). The van der Waals surface area contributed by atoms with E-state index in [0.717, 1.165) is 6.42 Å². The molecule has 8 heteroatoms. The Bertz CT molecular complexity index is 704. The maximum absolute atomic E-state index is 12.9. The highest BCUT2D eigenvalue weighted by atomic mass is 16.5. The summed E-state index contributed by atoms with van der Waals surface area (Å²) in [7, 11) is 1.57. The first-order valence-corrected chi connectivity index (χ1v) is 9.86. The van der Waals surface area contributed by atoms with Gasteiger partial charge in [0.25, 0.3) is 5.91 Å². The smallest absolute Gasteiger partial charge is 0.308 e. The summed E-state index contributed by atoms with van der Waals surface area (Å²) in [5, 5.41) is 2.70. The van der Waals surface area contributed by atoms with Crippen molar-refractivity contribution in [3.05, 3.63) is 24.3 Å². The van der Waals surface area contributed by atoms with Crippen LogP contribution < -0.4 is 14.8 Å². The molecule has 1 aliphatic rings. The van der Waals surface area contributed by atoms with E-state index in [1.807, 2.05) is 13.8 Å². The molecule has 29 heavy (non-hydrogen) atoms. The third-order valence-corrected chi connectivity index (χ3v) is 4.65. The summed E-state index contributed by atoms with van der Waals surface area (Å²) in [6.07, 6.45) is -0.239. The molecule has 0 aromatic heterocycles. The van der Waals surface area contributed by atoms with Crippen molar-refractivity contribution in [1.82, 2.24) is 10.2 Å². The number of benzene rings is 1. The second kappa shape index (κ2) is 10.7. The summed E-state index contributed by atoms with van der Waals surface area (Å²) >= 11 is 0. The molecule has 1 saturated heterocycles. The average molecular weight is 406 g/mol. The van der Waals surface area contributed by atoms with Gasteiger partial charge >= 0.3 is 5.97 Å². The van der Waals surface area contributed by atoms with Gasteiger partial charge in [0.1, 0.15) is 17.5 Å². The molecule has 160 valence electrons. The van der Waals surface area contributed by atoms with E-state index in [2.05, 4.69) is 5.32 Å². The molecule has 1 heterocycles. The van der Waals surface area contributed by atoms with Gasteiger partial charge in [-0.15, -0.1) is 0 Å². The quantitative estimate of drug-likeness (QED) is 0.628. The molecule has 0 radical (unpaired) electrons. The molecule has 1 aromatic carbocycles. The average Bonchev–Trinajstić information content (AvgIpc) is 2.69. The molecule has 1 N–H and O–H groups in total. The zero-order valence-electron chi connectivity index (χ0n) is 17.5. The summed E-state index contributed by atoms with van der Waals surface area (Å²) in [6, 6.07) is 5.97. The topological polar surface area (TPSA) is 94.2 Å². The van der Waals surface area contributed by atoms with Crippen molar-refractivity contribution in [2.24, 2.45) is 5.92 Å². The molecule has 0 bridgehead atoms. The first kappa shape index (κ1) is 22.5. The zero-order valence-corrected chi connectivity index (χ0v) is 17.5. The number of nitrogens with one attached hydrogen (secondary N) is 1. The summed E-state index contributed by atoms with van der Waals surface area (Å²) in [5.74, 6) is 0.402. The third kappa shape index (κ3) is 6.66. The van der Waals surface area contributed by atoms with Gasteiger partial charge in [-0.05, 0) is 43.5 Å². The van der Waals surface area contributed by atoms with Gasteiger partial charge in [-0.3, -0.25) is 14.4 Å². The van der Waals surface area contributed by atoms with Crippen LogP contribution in [-0.2, 0) is 19.1 Å². The number of hydrogen-bond donors (Lipinski definition) is 1. The number of piperazine rings is 1. The van der Waals surface area contributed by atoms with Crippen molar-refractivity contribution in [1.29, 1.82) is 0 Å². The summed E-state index contributed by atoms with van der Waals surface area (Å²) in [6.45, 7) is 6.64. The zero-order chi connectivity index (χ0) is 21.4. The number of hydrogen-bond acceptors (Lipinski definition) is 6. The molecule has 2 atom stereocenters. The Hall–Kier alpha value is -2.77. The van der Waals surface area contributed by atoms with Crippen LogP contribution in [0.1, 0.15) is 33.6 Å². The SMILES string of the molecule is COc1ccc(OC(C)C(=O)N2CCNC(=O)C2CC(=O)OCCC(C)C)cc1. The van der Waals surface area contributed by atoms with E-state index >= 15 is 0 Å². The number of amides is 2. The maximum atomic E-state index is 12.9. The number of rotatable bonds is 9. The fourth-order valence-corrected chi connectivity index (χ4v) is 2.95. The maximum Gasteiger partial charge on any atom is 0.308 e. The Labute approximate surface area is 171 Å². The first-order valence-electron chi connectivity index (χ1n) is 9.86. The molecule has 0 saturated carbocycles. The van der Waals surface area contributed by atoms with Crippen LogP contribution in [0.3, 0.4) is 0 Å². The van der Waals surface area contributed by atoms with Crippen LogP contribution in [0.25, 0.3) is 0 Å². The van der Waals surface area contributed by atoms with Gasteiger partial charge in [0.2, 0.25) is 5.91 Å². The Morgan fingerprint density at radius 1 is 1.17 bits per heavy atom. The molecule has 2 amide bonds. The van der Waals surface area contributed by atoms with Gasteiger partial charge in [-0.2, -0.15) is 0 Å². The van der Waals surface area contributed by atoms with Gasteiger partial charge in [-0.1, -0.05) is 13.8 Å². The molecule has 2 rings (SSSR count). The minimum Gasteiger partial charge on any atom is -0.497 e. The van der Waals surface area contributed by atoms with Crippen molar-refractivity contribution in [2.45, 2.75) is 45.8 Å². The Balaban J connectivity index is 1.98. The third-order valence-electron chi connectivity index (χ3n) is 4.65. The van der Waals surface area contributed by atoms with Crippen molar-refractivity contribution < 1.29 is 28.6 Å².